The second-order valence-corrected chi connectivity index (χ2v) is 3.82. The maximum absolute atomic E-state index is 4.16. The predicted molar refractivity (Wildman–Crippen MR) is 69.2 cm³/mol. The van der Waals surface area contributed by atoms with Gasteiger partial charge in [-0.15, -0.1) is 0 Å². The zero-order valence-electron chi connectivity index (χ0n) is 9.91. The Balaban J connectivity index is 2.12. The molecule has 0 unspecified atom stereocenters. The number of aromatic nitrogens is 1. The van der Waals surface area contributed by atoms with Gasteiger partial charge >= 0.3 is 0 Å². The first-order valence-electron chi connectivity index (χ1n) is 5.35. The molecule has 0 amide bonds. The topological polar surface area (TPSA) is 40.9 Å². The zero-order valence-corrected chi connectivity index (χ0v) is 9.91. The Hall–Kier alpha value is -2.23. The fourth-order valence-electron chi connectivity index (χ4n) is 1.34. The van der Waals surface area contributed by atoms with Crippen LogP contribution in [0.25, 0.3) is 0 Å². The lowest BCUT2D eigenvalue weighted by Crippen LogP contribution is -2.07. The molecule has 0 saturated heterocycles. The van der Waals surface area contributed by atoms with E-state index in [1.807, 2.05) is 55.4 Å². The summed E-state index contributed by atoms with van der Waals surface area (Å²) >= 11 is 0. The van der Waals surface area contributed by atoms with E-state index in [9.17, 15) is 0 Å². The molecular weight excluding hydrogens is 212 g/mol. The van der Waals surface area contributed by atoms with Gasteiger partial charge in [0.2, 0.25) is 0 Å². The van der Waals surface area contributed by atoms with Crippen LogP contribution in [0.2, 0.25) is 0 Å². The van der Waals surface area contributed by atoms with Gasteiger partial charge in [0.1, 0.15) is 0 Å². The van der Waals surface area contributed by atoms with Crippen LogP contribution in [0, 0.1) is 0 Å². The van der Waals surface area contributed by atoms with E-state index >= 15 is 0 Å². The van der Waals surface area contributed by atoms with Crippen molar-refractivity contribution in [2.24, 2.45) is 10.2 Å². The molecule has 0 N–H and O–H groups in total. The first-order valence-corrected chi connectivity index (χ1v) is 5.35. The van der Waals surface area contributed by atoms with E-state index in [2.05, 4.69) is 15.2 Å². The number of nitrogens with zero attached hydrogens (tertiary/aromatic N) is 4. The van der Waals surface area contributed by atoms with Crippen molar-refractivity contribution in [1.82, 2.24) is 4.98 Å². The van der Waals surface area contributed by atoms with Crippen molar-refractivity contribution < 1.29 is 0 Å². The third kappa shape index (κ3) is 3.11. The Morgan fingerprint density at radius 2 is 1.35 bits per heavy atom. The van der Waals surface area contributed by atoms with E-state index in [0.29, 0.717) is 0 Å². The molecule has 2 aromatic rings. The highest BCUT2D eigenvalue weighted by Crippen LogP contribution is 2.20. The number of benzene rings is 1. The SMILES string of the molecule is CN(C)c1ccc(N=Nc2ccncc2)cc1. The molecule has 0 aliphatic rings. The minimum absolute atomic E-state index is 0.802. The highest BCUT2D eigenvalue weighted by molar-refractivity contribution is 5.51. The summed E-state index contributed by atoms with van der Waals surface area (Å²) in [5.74, 6) is 0. The molecule has 0 spiro atoms. The average Bonchev–Trinajstić information content (AvgIpc) is 2.38. The third-order valence-corrected chi connectivity index (χ3v) is 2.31. The highest BCUT2D eigenvalue weighted by Gasteiger charge is 1.94. The molecule has 2 rings (SSSR count). The van der Waals surface area contributed by atoms with Crippen molar-refractivity contribution in [2.45, 2.75) is 0 Å². The number of azo groups is 1. The Morgan fingerprint density at radius 1 is 0.824 bits per heavy atom. The van der Waals surface area contributed by atoms with E-state index in [1.54, 1.807) is 12.4 Å². The Labute approximate surface area is 101 Å². The van der Waals surface area contributed by atoms with Gasteiger partial charge < -0.3 is 4.90 Å². The molecule has 0 radical (unpaired) electrons. The first kappa shape index (κ1) is 11.3. The highest BCUT2D eigenvalue weighted by atomic mass is 15.1. The van der Waals surface area contributed by atoms with Crippen LogP contribution in [0.15, 0.2) is 59.0 Å². The van der Waals surface area contributed by atoms with Crippen LogP contribution in [0.5, 0.6) is 0 Å². The van der Waals surface area contributed by atoms with E-state index in [-0.39, 0.29) is 0 Å². The molecule has 1 aromatic carbocycles. The van der Waals surface area contributed by atoms with Crippen LogP contribution >= 0.6 is 0 Å². The summed E-state index contributed by atoms with van der Waals surface area (Å²) < 4.78 is 0. The summed E-state index contributed by atoms with van der Waals surface area (Å²) in [7, 11) is 4.01. The van der Waals surface area contributed by atoms with Crippen molar-refractivity contribution in [3.05, 3.63) is 48.8 Å². The number of hydrogen-bond donors (Lipinski definition) is 0. The first-order chi connectivity index (χ1) is 8.25. The molecule has 1 aromatic heterocycles. The standard InChI is InChI=1S/C13H14N4/c1-17(2)13-5-3-11(4-6-13)15-16-12-7-9-14-10-8-12/h3-10H,1-2H3. The number of hydrogen-bond acceptors (Lipinski definition) is 4. The summed E-state index contributed by atoms with van der Waals surface area (Å²) in [4.78, 5) is 5.97. The second kappa shape index (κ2) is 5.21. The number of rotatable bonds is 3. The fraction of sp³-hybridized carbons (Fsp3) is 0.154. The summed E-state index contributed by atoms with van der Waals surface area (Å²) in [6.07, 6.45) is 3.40. The Morgan fingerprint density at radius 3 is 1.88 bits per heavy atom. The van der Waals surface area contributed by atoms with Crippen molar-refractivity contribution in [3.63, 3.8) is 0 Å². The summed E-state index contributed by atoms with van der Waals surface area (Å²) in [6, 6.07) is 11.6. The Kier molecular flexibility index (Phi) is 3.45. The quantitative estimate of drug-likeness (QED) is 0.751. The normalized spacial score (nSPS) is 10.7. The molecule has 0 saturated carbocycles. The maximum Gasteiger partial charge on any atom is 0.0887 e. The van der Waals surface area contributed by atoms with Gasteiger partial charge in [-0.3, -0.25) is 4.98 Å². The van der Waals surface area contributed by atoms with Crippen LogP contribution in [-0.2, 0) is 0 Å². The van der Waals surface area contributed by atoms with Crippen LogP contribution in [-0.4, -0.2) is 19.1 Å². The Bertz CT molecular complexity index is 489. The van der Waals surface area contributed by atoms with Gasteiger partial charge in [-0.05, 0) is 36.4 Å². The summed E-state index contributed by atoms with van der Waals surface area (Å²) in [6.45, 7) is 0. The smallest absolute Gasteiger partial charge is 0.0887 e. The van der Waals surface area contributed by atoms with Gasteiger partial charge in [-0.25, -0.2) is 0 Å². The molecule has 0 aliphatic heterocycles. The molecule has 0 atom stereocenters. The van der Waals surface area contributed by atoms with Gasteiger partial charge in [0.05, 0.1) is 11.4 Å². The second-order valence-electron chi connectivity index (χ2n) is 3.82. The molecule has 0 bridgehead atoms. The lowest BCUT2D eigenvalue weighted by atomic mass is 10.3. The lowest BCUT2D eigenvalue weighted by molar-refractivity contribution is 1.13. The van der Waals surface area contributed by atoms with E-state index in [4.69, 9.17) is 0 Å². The van der Waals surface area contributed by atoms with E-state index in [0.717, 1.165) is 17.1 Å². The van der Waals surface area contributed by atoms with Gasteiger partial charge in [0, 0.05) is 32.2 Å². The molecule has 4 nitrogen and oxygen atoms in total. The minimum Gasteiger partial charge on any atom is -0.378 e. The minimum atomic E-state index is 0.802. The molecule has 1 heterocycles. The molecule has 17 heavy (non-hydrogen) atoms. The van der Waals surface area contributed by atoms with Crippen LogP contribution in [0.1, 0.15) is 0 Å². The van der Waals surface area contributed by atoms with Crippen LogP contribution < -0.4 is 4.90 Å². The van der Waals surface area contributed by atoms with Crippen LogP contribution in [0.3, 0.4) is 0 Å². The molecule has 4 heteroatoms. The number of anilines is 1. The van der Waals surface area contributed by atoms with Crippen LogP contribution in [0.4, 0.5) is 17.1 Å². The lowest BCUT2D eigenvalue weighted by Gasteiger charge is -2.11. The largest absolute Gasteiger partial charge is 0.378 e. The maximum atomic E-state index is 4.16. The average molecular weight is 226 g/mol. The summed E-state index contributed by atoms with van der Waals surface area (Å²) in [5.41, 5.74) is 2.79. The fourth-order valence-corrected chi connectivity index (χ4v) is 1.34. The molecule has 0 aliphatic carbocycles. The van der Waals surface area contributed by atoms with E-state index in [1.165, 1.54) is 0 Å². The third-order valence-electron chi connectivity index (χ3n) is 2.31. The van der Waals surface area contributed by atoms with Gasteiger partial charge in [0.15, 0.2) is 0 Å². The van der Waals surface area contributed by atoms with Crippen molar-refractivity contribution in [2.75, 3.05) is 19.0 Å². The van der Waals surface area contributed by atoms with Crippen molar-refractivity contribution in [3.8, 4) is 0 Å². The number of pyridine rings is 1. The monoisotopic (exact) mass is 226 g/mol. The molecule has 0 fully saturated rings. The molecule has 86 valence electrons. The zero-order chi connectivity index (χ0) is 12.1. The van der Waals surface area contributed by atoms with Gasteiger partial charge in [-0.1, -0.05) is 0 Å². The van der Waals surface area contributed by atoms with Crippen molar-refractivity contribution >= 4 is 17.1 Å². The predicted octanol–water partition coefficient (Wildman–Crippen LogP) is 3.56. The molecular formula is C13H14N4. The summed E-state index contributed by atoms with van der Waals surface area (Å²) in [5, 5.41) is 8.28. The van der Waals surface area contributed by atoms with E-state index < -0.39 is 0 Å². The van der Waals surface area contributed by atoms with Crippen molar-refractivity contribution in [1.29, 1.82) is 0 Å². The van der Waals surface area contributed by atoms with Gasteiger partial charge in [-0.2, -0.15) is 10.2 Å². The van der Waals surface area contributed by atoms with Gasteiger partial charge in [0.25, 0.3) is 0 Å².